The third-order valence-electron chi connectivity index (χ3n) is 2.12. The molecule has 35 heteroatoms. The van der Waals surface area contributed by atoms with Gasteiger partial charge in [-0.1, -0.05) is 0 Å². The van der Waals surface area contributed by atoms with Crippen LogP contribution in [0.2, 0.25) is 0 Å². The van der Waals surface area contributed by atoms with E-state index in [4.69, 9.17) is 89.8 Å². The Balaban J connectivity index is -0.000000140. The Kier molecular flexibility index (Phi) is 28.2. The Morgan fingerprint density at radius 3 is 0.488 bits per heavy atom. The Morgan fingerprint density at radius 2 is 0.442 bits per heavy atom. The van der Waals surface area contributed by atoms with E-state index in [1.165, 1.54) is 0 Å². The van der Waals surface area contributed by atoms with Crippen molar-refractivity contribution in [2.75, 3.05) is 49.8 Å². The van der Waals surface area contributed by atoms with Crippen LogP contribution >= 0.6 is 60.8 Å². The molecule has 27 nitrogen and oxygen atoms in total. The highest BCUT2D eigenvalue weighted by atomic mass is 31.3. The van der Waals surface area contributed by atoms with Gasteiger partial charge in [-0.15, -0.1) is 0 Å². The van der Waals surface area contributed by atoms with Crippen molar-refractivity contribution in [2.45, 2.75) is 0 Å². The summed E-state index contributed by atoms with van der Waals surface area (Å²) in [6.07, 6.45) is 0. The molecule has 21 N–H and O–H groups in total. The van der Waals surface area contributed by atoms with Crippen LogP contribution in [0.4, 0.5) is 0 Å². The second-order valence-electron chi connectivity index (χ2n) is 7.21. The van der Waals surface area contributed by atoms with E-state index in [1.807, 2.05) is 0 Å². The molecular formula is C8H37N3O24P8. The molecule has 0 saturated carbocycles. The van der Waals surface area contributed by atoms with E-state index in [0.29, 0.717) is 13.1 Å². The minimum absolute atomic E-state index is 0.694. The van der Waals surface area contributed by atoms with Crippen molar-refractivity contribution in [3.8, 4) is 0 Å². The molecule has 0 aliphatic heterocycles. The zero-order valence-corrected chi connectivity index (χ0v) is 28.5. The zero-order chi connectivity index (χ0) is 36.4. The predicted molar refractivity (Wildman–Crippen MR) is 147 cm³/mol. The summed E-state index contributed by atoms with van der Waals surface area (Å²) in [7, 11) is -36.4. The molecule has 0 atom stereocenters. The summed E-state index contributed by atoms with van der Waals surface area (Å²) in [4.78, 5) is 128. The lowest BCUT2D eigenvalue weighted by Gasteiger charge is -2.03. The second-order valence-corrected chi connectivity index (χ2v) is 22.4. The standard InChI is InChI=1S/C4H13N3.4CH6O6P2/c5-1-3-7-4-2-6;4*2-8(3,4)1-9(5,6)7/h7H,1-6H2;4*1H2,(H2,2,3,4)(H2,5,6,7). The van der Waals surface area contributed by atoms with Crippen LogP contribution in [0.15, 0.2) is 0 Å². The van der Waals surface area contributed by atoms with E-state index in [2.05, 4.69) is 5.32 Å². The molecule has 268 valence electrons. The van der Waals surface area contributed by atoms with Gasteiger partial charge in [-0.3, -0.25) is 36.5 Å². The Bertz CT molecular complexity index is 875. The topological polar surface area (TPSA) is 524 Å². The van der Waals surface area contributed by atoms with Crippen LogP contribution in [-0.4, -0.2) is 128 Å². The first kappa shape index (κ1) is 53.6. The van der Waals surface area contributed by atoms with E-state index in [0.717, 1.165) is 13.1 Å². The molecule has 0 fully saturated rings. The highest BCUT2D eigenvalue weighted by Crippen LogP contribution is 2.53. The largest absolute Gasteiger partial charge is 0.337 e. The normalized spacial score (nSPS) is 13.1. The SMILES string of the molecule is NCCNCCN.O=P(O)(O)CP(=O)(O)O.O=P(O)(O)CP(=O)(O)O.O=P(O)(O)CP(=O)(O)O.O=P(O)(O)CP(=O)(O)O. The minimum atomic E-state index is -4.55. The first-order valence-corrected chi connectivity index (χ1v) is 24.1. The van der Waals surface area contributed by atoms with E-state index in [-0.39, 0.29) is 0 Å². The average molecular weight is 807 g/mol. The van der Waals surface area contributed by atoms with Crippen molar-refractivity contribution in [1.29, 1.82) is 0 Å². The lowest BCUT2D eigenvalue weighted by atomic mass is 10.6. The summed E-state index contributed by atoms with van der Waals surface area (Å²) in [6.45, 7) is 3.13. The highest BCUT2D eigenvalue weighted by Gasteiger charge is 2.28. The Hall–Kier alpha value is 1.08. The molecule has 0 bridgehead atoms. The minimum Gasteiger partial charge on any atom is -0.329 e. The van der Waals surface area contributed by atoms with E-state index >= 15 is 0 Å². The van der Waals surface area contributed by atoms with Gasteiger partial charge in [0.2, 0.25) is 0 Å². The van der Waals surface area contributed by atoms with Gasteiger partial charge in [0, 0.05) is 26.2 Å². The van der Waals surface area contributed by atoms with Gasteiger partial charge in [-0.05, 0) is 0 Å². The van der Waals surface area contributed by atoms with Crippen LogP contribution in [0, 0.1) is 0 Å². The zero-order valence-electron chi connectivity index (χ0n) is 21.3. The fourth-order valence-corrected chi connectivity index (χ4v) is 8.97. The molecule has 0 rings (SSSR count). The van der Waals surface area contributed by atoms with Crippen molar-refractivity contribution in [1.82, 2.24) is 5.32 Å². The molecule has 0 aromatic carbocycles. The summed E-state index contributed by atoms with van der Waals surface area (Å²) < 4.78 is 78.8. The molecule has 0 radical (unpaired) electrons. The third-order valence-corrected chi connectivity index (χ3v) is 13.9. The molecule has 0 aliphatic carbocycles. The summed E-state index contributed by atoms with van der Waals surface area (Å²) in [5.74, 6) is -5.50. The van der Waals surface area contributed by atoms with E-state index in [9.17, 15) is 36.5 Å². The van der Waals surface area contributed by atoms with Gasteiger partial charge in [0.05, 0.1) is 0 Å². The summed E-state index contributed by atoms with van der Waals surface area (Å²) >= 11 is 0. The molecule has 0 amide bonds. The van der Waals surface area contributed by atoms with E-state index < -0.39 is 84.4 Å². The van der Waals surface area contributed by atoms with Crippen molar-refractivity contribution in [3.63, 3.8) is 0 Å². The van der Waals surface area contributed by atoms with Crippen LogP contribution in [0.1, 0.15) is 0 Å². The lowest BCUT2D eigenvalue weighted by Crippen LogP contribution is -2.27. The second kappa shape index (κ2) is 22.6. The lowest BCUT2D eigenvalue weighted by molar-refractivity contribution is 0.352. The third kappa shape index (κ3) is 86.0. The first-order chi connectivity index (χ1) is 18.2. The van der Waals surface area contributed by atoms with Gasteiger partial charge in [0.15, 0.2) is 23.6 Å². The van der Waals surface area contributed by atoms with Gasteiger partial charge in [0.25, 0.3) is 0 Å². The number of hydrogen-bond acceptors (Lipinski definition) is 11. The summed E-state index contributed by atoms with van der Waals surface area (Å²) in [6, 6.07) is 0. The van der Waals surface area contributed by atoms with Crippen LogP contribution in [0.5, 0.6) is 0 Å². The van der Waals surface area contributed by atoms with Crippen molar-refractivity contribution in [3.05, 3.63) is 0 Å². The first-order valence-electron chi connectivity index (χ1n) is 9.71. The molecule has 0 aliphatic rings. The highest BCUT2D eigenvalue weighted by molar-refractivity contribution is 7.70. The predicted octanol–water partition coefficient (Wildman–Crippen LogP) is -4.31. The number of nitrogens with one attached hydrogen (secondary N) is 1. The van der Waals surface area contributed by atoms with Gasteiger partial charge in [-0.2, -0.15) is 0 Å². The van der Waals surface area contributed by atoms with E-state index in [1.54, 1.807) is 0 Å². The van der Waals surface area contributed by atoms with Gasteiger partial charge < -0.3 is 95.1 Å². The maximum absolute atomic E-state index is 9.85. The van der Waals surface area contributed by atoms with Crippen LogP contribution < -0.4 is 16.8 Å². The maximum Gasteiger partial charge on any atom is 0.337 e. The maximum atomic E-state index is 9.85. The molecule has 0 aromatic rings. The van der Waals surface area contributed by atoms with Crippen LogP contribution in [0.25, 0.3) is 0 Å². The van der Waals surface area contributed by atoms with Gasteiger partial charge in [0.1, 0.15) is 0 Å². The smallest absolute Gasteiger partial charge is 0.329 e. The Morgan fingerprint density at radius 1 is 0.326 bits per heavy atom. The molecular weight excluding hydrogens is 770 g/mol. The average Bonchev–Trinajstić information content (AvgIpc) is 2.51. The van der Waals surface area contributed by atoms with Crippen molar-refractivity contribution < 1.29 is 115 Å². The molecule has 43 heavy (non-hydrogen) atoms. The molecule has 0 spiro atoms. The molecule has 0 saturated heterocycles. The molecule has 0 aromatic heterocycles. The number of nitrogens with two attached hydrogens (primary N) is 2. The molecule has 0 unspecified atom stereocenters. The van der Waals surface area contributed by atoms with Gasteiger partial charge >= 0.3 is 60.8 Å². The molecule has 0 heterocycles. The summed E-state index contributed by atoms with van der Waals surface area (Å²) in [5.41, 5.74) is 10.3. The number of rotatable bonds is 12. The fraction of sp³-hybridized carbons (Fsp3) is 1.00. The summed E-state index contributed by atoms with van der Waals surface area (Å²) in [5, 5.41) is 3.03. The van der Waals surface area contributed by atoms with Crippen molar-refractivity contribution in [2.24, 2.45) is 11.5 Å². The van der Waals surface area contributed by atoms with Crippen LogP contribution in [-0.2, 0) is 36.5 Å². The fourth-order valence-electron chi connectivity index (χ4n) is 1.29. The number of hydrogen-bond donors (Lipinski definition) is 19. The Labute approximate surface area is 242 Å². The van der Waals surface area contributed by atoms with Gasteiger partial charge in [-0.25, -0.2) is 0 Å². The quantitative estimate of drug-likeness (QED) is 0.0655. The monoisotopic (exact) mass is 807 g/mol. The van der Waals surface area contributed by atoms with Crippen LogP contribution in [0.3, 0.4) is 0 Å². The van der Waals surface area contributed by atoms with Crippen molar-refractivity contribution >= 4 is 60.8 Å².